The molecule has 0 aliphatic carbocycles. The lowest BCUT2D eigenvalue weighted by Crippen LogP contribution is -2.48. The number of carbonyl (C=O) groups is 1. The van der Waals surface area contributed by atoms with Crippen molar-refractivity contribution in [2.75, 3.05) is 43.6 Å². The Bertz CT molecular complexity index is 431. The lowest BCUT2D eigenvalue weighted by molar-refractivity contribution is 0.142. The number of piperazine rings is 1. The Morgan fingerprint density at radius 3 is 2.40 bits per heavy atom. The molecule has 1 fully saturated rings. The van der Waals surface area contributed by atoms with Crippen LogP contribution < -0.4 is 9.64 Å². The molecule has 1 amide bonds. The number of benzene rings is 1. The number of anilines is 1. The minimum Gasteiger partial charge on any atom is -0.494 e. The molecule has 20 heavy (non-hydrogen) atoms. The largest absolute Gasteiger partial charge is 0.494 e. The third-order valence-electron chi connectivity index (χ3n) is 3.30. The monoisotopic (exact) mass is 298 g/mol. The summed E-state index contributed by atoms with van der Waals surface area (Å²) >= 11 is 5.60. The predicted molar refractivity (Wildman–Crippen MR) is 79.1 cm³/mol. The first-order valence-electron chi connectivity index (χ1n) is 6.72. The fraction of sp³-hybridized carbons (Fsp3) is 0.500. The molecule has 0 atom stereocenters. The van der Waals surface area contributed by atoms with Gasteiger partial charge in [0.1, 0.15) is 5.75 Å². The molecule has 6 heteroatoms. The lowest BCUT2D eigenvalue weighted by atomic mass is 10.2. The number of halogens is 1. The topological polar surface area (TPSA) is 53.0 Å². The van der Waals surface area contributed by atoms with Crippen LogP contribution >= 0.6 is 11.6 Å². The zero-order valence-electron chi connectivity index (χ0n) is 11.3. The van der Waals surface area contributed by atoms with Gasteiger partial charge in [0.2, 0.25) is 0 Å². The van der Waals surface area contributed by atoms with Crippen LogP contribution in [0.15, 0.2) is 24.3 Å². The Morgan fingerprint density at radius 2 is 1.85 bits per heavy atom. The highest BCUT2D eigenvalue weighted by atomic mass is 35.5. The van der Waals surface area contributed by atoms with Gasteiger partial charge >= 0.3 is 6.09 Å². The van der Waals surface area contributed by atoms with Gasteiger partial charge in [-0.05, 0) is 30.7 Å². The third-order valence-corrected chi connectivity index (χ3v) is 3.57. The van der Waals surface area contributed by atoms with E-state index in [9.17, 15) is 4.79 Å². The fourth-order valence-electron chi connectivity index (χ4n) is 2.15. The number of carboxylic acid groups (broad SMARTS) is 1. The summed E-state index contributed by atoms with van der Waals surface area (Å²) in [5, 5.41) is 8.92. The molecule has 0 unspecified atom stereocenters. The van der Waals surface area contributed by atoms with E-state index in [1.165, 1.54) is 4.90 Å². The number of amides is 1. The molecular weight excluding hydrogens is 280 g/mol. The first kappa shape index (κ1) is 14.8. The number of rotatable bonds is 5. The molecule has 0 spiro atoms. The van der Waals surface area contributed by atoms with E-state index in [0.717, 1.165) is 30.9 Å². The minimum atomic E-state index is -0.840. The zero-order chi connectivity index (χ0) is 14.4. The fourth-order valence-corrected chi connectivity index (χ4v) is 2.26. The van der Waals surface area contributed by atoms with Gasteiger partial charge in [-0.3, -0.25) is 0 Å². The van der Waals surface area contributed by atoms with Gasteiger partial charge in [0.05, 0.1) is 6.61 Å². The van der Waals surface area contributed by atoms with Crippen molar-refractivity contribution in [3.8, 4) is 5.75 Å². The van der Waals surface area contributed by atoms with Gasteiger partial charge in [-0.15, -0.1) is 11.6 Å². The normalized spacial score (nSPS) is 15.2. The van der Waals surface area contributed by atoms with Crippen molar-refractivity contribution < 1.29 is 14.6 Å². The van der Waals surface area contributed by atoms with Crippen LogP contribution in [-0.4, -0.2) is 54.8 Å². The second-order valence-electron chi connectivity index (χ2n) is 4.64. The molecular formula is C14H19ClN2O3. The van der Waals surface area contributed by atoms with Crippen molar-refractivity contribution in [1.29, 1.82) is 0 Å². The Hall–Kier alpha value is -1.62. The molecule has 1 heterocycles. The van der Waals surface area contributed by atoms with Gasteiger partial charge in [-0.1, -0.05) is 0 Å². The van der Waals surface area contributed by atoms with E-state index in [1.54, 1.807) is 0 Å². The van der Waals surface area contributed by atoms with E-state index in [0.29, 0.717) is 25.6 Å². The summed E-state index contributed by atoms with van der Waals surface area (Å²) < 4.78 is 5.55. The summed E-state index contributed by atoms with van der Waals surface area (Å²) in [7, 11) is 0. The number of nitrogens with zero attached hydrogens (tertiary/aromatic N) is 2. The summed E-state index contributed by atoms with van der Waals surface area (Å²) in [5.41, 5.74) is 1.10. The van der Waals surface area contributed by atoms with Crippen molar-refractivity contribution in [3.63, 3.8) is 0 Å². The van der Waals surface area contributed by atoms with Crippen LogP contribution in [0.25, 0.3) is 0 Å². The molecule has 0 bridgehead atoms. The summed E-state index contributed by atoms with van der Waals surface area (Å²) in [6.45, 7) is 3.16. The van der Waals surface area contributed by atoms with Gasteiger partial charge < -0.3 is 19.6 Å². The minimum absolute atomic E-state index is 0.545. The van der Waals surface area contributed by atoms with Crippen molar-refractivity contribution in [3.05, 3.63) is 24.3 Å². The van der Waals surface area contributed by atoms with Crippen LogP contribution in [0.4, 0.5) is 10.5 Å². The lowest BCUT2D eigenvalue weighted by Gasteiger charge is -2.34. The molecule has 0 radical (unpaired) electrons. The van der Waals surface area contributed by atoms with Crippen molar-refractivity contribution >= 4 is 23.4 Å². The maximum absolute atomic E-state index is 10.8. The first-order chi connectivity index (χ1) is 9.70. The maximum Gasteiger partial charge on any atom is 0.407 e. The van der Waals surface area contributed by atoms with Crippen molar-refractivity contribution in [1.82, 2.24) is 4.90 Å². The molecule has 110 valence electrons. The van der Waals surface area contributed by atoms with E-state index in [-0.39, 0.29) is 0 Å². The SMILES string of the molecule is O=C(O)N1CCN(c2ccc(OCCCCl)cc2)CC1. The quantitative estimate of drug-likeness (QED) is 0.670. The number of alkyl halides is 1. The second kappa shape index (κ2) is 7.24. The number of ether oxygens (including phenoxy) is 1. The summed E-state index contributed by atoms with van der Waals surface area (Å²) in [5.74, 6) is 1.44. The molecule has 1 saturated heterocycles. The van der Waals surface area contributed by atoms with Crippen LogP contribution in [0.5, 0.6) is 5.75 Å². The molecule has 2 rings (SSSR count). The Balaban J connectivity index is 1.86. The molecule has 0 aromatic heterocycles. The van der Waals surface area contributed by atoms with Crippen LogP contribution in [0.3, 0.4) is 0 Å². The highest BCUT2D eigenvalue weighted by Crippen LogP contribution is 2.21. The van der Waals surface area contributed by atoms with Crippen molar-refractivity contribution in [2.45, 2.75) is 6.42 Å². The van der Waals surface area contributed by atoms with Gasteiger partial charge in [-0.2, -0.15) is 0 Å². The Kier molecular flexibility index (Phi) is 5.35. The summed E-state index contributed by atoms with van der Waals surface area (Å²) in [6, 6.07) is 7.89. The van der Waals surface area contributed by atoms with Crippen molar-refractivity contribution in [2.24, 2.45) is 0 Å². The van der Waals surface area contributed by atoms with Crippen LogP contribution in [0.1, 0.15) is 6.42 Å². The highest BCUT2D eigenvalue weighted by molar-refractivity contribution is 6.17. The maximum atomic E-state index is 10.8. The smallest absolute Gasteiger partial charge is 0.407 e. The molecule has 1 N–H and O–H groups in total. The summed E-state index contributed by atoms with van der Waals surface area (Å²) in [6.07, 6.45) is -0.00632. The van der Waals surface area contributed by atoms with Crippen LogP contribution in [-0.2, 0) is 0 Å². The Labute approximate surface area is 123 Å². The summed E-state index contributed by atoms with van der Waals surface area (Å²) in [4.78, 5) is 14.5. The molecule has 1 aromatic carbocycles. The molecule has 1 aromatic rings. The van der Waals surface area contributed by atoms with Gasteiger partial charge in [-0.25, -0.2) is 4.79 Å². The van der Waals surface area contributed by atoms with E-state index in [4.69, 9.17) is 21.4 Å². The van der Waals surface area contributed by atoms with E-state index in [1.807, 2.05) is 24.3 Å². The van der Waals surface area contributed by atoms with E-state index >= 15 is 0 Å². The standard InChI is InChI=1S/C14H19ClN2O3/c15-6-1-11-20-13-4-2-12(3-5-13)16-7-9-17(10-8-16)14(18)19/h2-5H,1,6-11H2,(H,18,19). The molecule has 5 nitrogen and oxygen atoms in total. The molecule has 1 aliphatic rings. The second-order valence-corrected chi connectivity index (χ2v) is 5.02. The zero-order valence-corrected chi connectivity index (χ0v) is 12.1. The van der Waals surface area contributed by atoms with Crippen LogP contribution in [0, 0.1) is 0 Å². The van der Waals surface area contributed by atoms with E-state index in [2.05, 4.69) is 4.90 Å². The highest BCUT2D eigenvalue weighted by Gasteiger charge is 2.20. The third kappa shape index (κ3) is 3.93. The average molecular weight is 299 g/mol. The van der Waals surface area contributed by atoms with E-state index < -0.39 is 6.09 Å². The Morgan fingerprint density at radius 1 is 1.20 bits per heavy atom. The molecule has 0 saturated carbocycles. The molecule has 1 aliphatic heterocycles. The first-order valence-corrected chi connectivity index (χ1v) is 7.26. The van der Waals surface area contributed by atoms with Gasteiger partial charge in [0, 0.05) is 37.7 Å². The van der Waals surface area contributed by atoms with Gasteiger partial charge in [0.25, 0.3) is 0 Å². The van der Waals surface area contributed by atoms with Crippen LogP contribution in [0.2, 0.25) is 0 Å². The predicted octanol–water partition coefficient (Wildman–Crippen LogP) is 2.49. The average Bonchev–Trinajstić information content (AvgIpc) is 2.48. The number of hydrogen-bond donors (Lipinski definition) is 1. The van der Waals surface area contributed by atoms with Gasteiger partial charge in [0.15, 0.2) is 0 Å². The number of hydrogen-bond acceptors (Lipinski definition) is 3.